The summed E-state index contributed by atoms with van der Waals surface area (Å²) in [5.74, 6) is 2.29. The molecule has 0 spiro atoms. The first-order chi connectivity index (χ1) is 9.11. The molecule has 1 aliphatic carbocycles. The molecule has 108 valence electrons. The van der Waals surface area contributed by atoms with Gasteiger partial charge in [-0.05, 0) is 67.6 Å². The Kier molecular flexibility index (Phi) is 5.35. The molecule has 3 atom stereocenters. The predicted octanol–water partition coefficient (Wildman–Crippen LogP) is 5.05. The van der Waals surface area contributed by atoms with Crippen LogP contribution < -0.4 is 5.32 Å². The van der Waals surface area contributed by atoms with Crippen LogP contribution in [0.25, 0.3) is 0 Å². The summed E-state index contributed by atoms with van der Waals surface area (Å²) < 4.78 is 5.30. The van der Waals surface area contributed by atoms with Crippen molar-refractivity contribution in [3.8, 4) is 0 Å². The molecule has 1 aromatic heterocycles. The molecule has 1 N–H and O–H groups in total. The summed E-state index contributed by atoms with van der Waals surface area (Å²) >= 11 is 6.20. The van der Waals surface area contributed by atoms with Crippen molar-refractivity contribution >= 4 is 11.6 Å². The number of halogens is 1. The van der Waals surface area contributed by atoms with E-state index in [4.69, 9.17) is 16.0 Å². The topological polar surface area (TPSA) is 25.2 Å². The third kappa shape index (κ3) is 3.76. The molecule has 3 heteroatoms. The number of rotatable bonds is 5. The molecular weight excluding hydrogens is 258 g/mol. The van der Waals surface area contributed by atoms with Gasteiger partial charge < -0.3 is 9.73 Å². The number of furan rings is 1. The lowest BCUT2D eigenvalue weighted by Crippen LogP contribution is -2.33. The lowest BCUT2D eigenvalue weighted by molar-refractivity contribution is 0.176. The van der Waals surface area contributed by atoms with Crippen molar-refractivity contribution in [1.82, 2.24) is 5.32 Å². The third-order valence-electron chi connectivity index (χ3n) is 4.28. The fraction of sp³-hybridized carbons (Fsp3) is 0.750. The van der Waals surface area contributed by atoms with E-state index in [0.717, 1.165) is 30.4 Å². The second-order valence-corrected chi connectivity index (χ2v) is 6.60. The molecule has 3 unspecified atom stereocenters. The fourth-order valence-corrected chi connectivity index (χ4v) is 3.87. The minimum atomic E-state index is 0.344. The highest BCUT2D eigenvalue weighted by Gasteiger charge is 2.32. The molecule has 2 rings (SSSR count). The van der Waals surface area contributed by atoms with Crippen LogP contribution in [0.5, 0.6) is 0 Å². The monoisotopic (exact) mass is 283 g/mol. The van der Waals surface area contributed by atoms with Crippen molar-refractivity contribution < 1.29 is 4.42 Å². The normalized spacial score (nSPS) is 29.4. The summed E-state index contributed by atoms with van der Waals surface area (Å²) in [5.41, 5.74) is 1.14. The molecule has 1 saturated carbocycles. The van der Waals surface area contributed by atoms with E-state index in [-0.39, 0.29) is 0 Å². The van der Waals surface area contributed by atoms with Crippen LogP contribution in [-0.4, -0.2) is 6.54 Å². The lowest BCUT2D eigenvalue weighted by atomic mass is 9.72. The summed E-state index contributed by atoms with van der Waals surface area (Å²) in [6.07, 6.45) is 6.77. The van der Waals surface area contributed by atoms with Crippen LogP contribution >= 0.6 is 11.6 Å². The SMILES string of the molecule is CCCNC(c1ccoc1Cl)C1CC(C)CC(C)C1. The fourth-order valence-electron chi connectivity index (χ4n) is 3.64. The Balaban J connectivity index is 2.15. The Bertz CT molecular complexity index is 380. The maximum atomic E-state index is 6.20. The van der Waals surface area contributed by atoms with E-state index in [0.29, 0.717) is 17.2 Å². The standard InChI is InChI=1S/C16H26ClNO/c1-4-6-18-15(14-5-7-19-16(14)17)13-9-11(2)8-12(3)10-13/h5,7,11-13,15,18H,4,6,8-10H2,1-3H3. The first kappa shape index (κ1) is 14.9. The Morgan fingerprint density at radius 3 is 2.53 bits per heavy atom. The van der Waals surface area contributed by atoms with E-state index in [9.17, 15) is 0 Å². The van der Waals surface area contributed by atoms with Crippen molar-refractivity contribution in [3.05, 3.63) is 23.1 Å². The Morgan fingerprint density at radius 2 is 2.00 bits per heavy atom. The van der Waals surface area contributed by atoms with Crippen LogP contribution in [0.2, 0.25) is 5.22 Å². The van der Waals surface area contributed by atoms with Gasteiger partial charge in [0.25, 0.3) is 0 Å². The molecule has 2 nitrogen and oxygen atoms in total. The van der Waals surface area contributed by atoms with Crippen LogP contribution in [-0.2, 0) is 0 Å². The summed E-state index contributed by atoms with van der Waals surface area (Å²) in [6.45, 7) is 7.98. The van der Waals surface area contributed by atoms with Gasteiger partial charge in [-0.2, -0.15) is 0 Å². The van der Waals surface area contributed by atoms with Crippen molar-refractivity contribution in [2.45, 2.75) is 52.5 Å². The smallest absolute Gasteiger partial charge is 0.197 e. The van der Waals surface area contributed by atoms with E-state index < -0.39 is 0 Å². The van der Waals surface area contributed by atoms with Crippen molar-refractivity contribution in [2.75, 3.05) is 6.54 Å². The molecule has 0 aliphatic heterocycles. The van der Waals surface area contributed by atoms with Crippen molar-refractivity contribution in [1.29, 1.82) is 0 Å². The summed E-state index contributed by atoms with van der Waals surface area (Å²) in [4.78, 5) is 0. The van der Waals surface area contributed by atoms with Gasteiger partial charge in [-0.3, -0.25) is 0 Å². The maximum absolute atomic E-state index is 6.20. The first-order valence-corrected chi connectivity index (χ1v) is 7.95. The van der Waals surface area contributed by atoms with Gasteiger partial charge in [0.1, 0.15) is 0 Å². The Morgan fingerprint density at radius 1 is 1.32 bits per heavy atom. The van der Waals surface area contributed by atoms with Crippen molar-refractivity contribution in [2.24, 2.45) is 17.8 Å². The maximum Gasteiger partial charge on any atom is 0.197 e. The number of hydrogen-bond donors (Lipinski definition) is 1. The molecule has 1 fully saturated rings. The van der Waals surface area contributed by atoms with Crippen LogP contribution in [0.4, 0.5) is 0 Å². The minimum Gasteiger partial charge on any atom is -0.453 e. The van der Waals surface area contributed by atoms with Crippen molar-refractivity contribution in [3.63, 3.8) is 0 Å². The summed E-state index contributed by atoms with van der Waals surface area (Å²) in [7, 11) is 0. The van der Waals surface area contributed by atoms with Crippen LogP contribution in [0, 0.1) is 17.8 Å². The second kappa shape index (κ2) is 6.81. The molecule has 0 saturated heterocycles. The van der Waals surface area contributed by atoms with Gasteiger partial charge >= 0.3 is 0 Å². The van der Waals surface area contributed by atoms with Crippen LogP contribution in [0.3, 0.4) is 0 Å². The van der Waals surface area contributed by atoms with Crippen LogP contribution in [0.15, 0.2) is 16.7 Å². The van der Waals surface area contributed by atoms with E-state index >= 15 is 0 Å². The molecule has 0 bridgehead atoms. The van der Waals surface area contributed by atoms with E-state index in [1.54, 1.807) is 6.26 Å². The molecule has 0 radical (unpaired) electrons. The van der Waals surface area contributed by atoms with Gasteiger partial charge in [-0.1, -0.05) is 20.8 Å². The van der Waals surface area contributed by atoms with Gasteiger partial charge in [-0.25, -0.2) is 0 Å². The van der Waals surface area contributed by atoms with E-state index in [2.05, 4.69) is 26.1 Å². The van der Waals surface area contributed by atoms with Crippen LogP contribution in [0.1, 0.15) is 58.1 Å². The highest BCUT2D eigenvalue weighted by Crippen LogP contribution is 2.41. The zero-order valence-electron chi connectivity index (χ0n) is 12.3. The van der Waals surface area contributed by atoms with Gasteiger partial charge in [0.15, 0.2) is 5.22 Å². The lowest BCUT2D eigenvalue weighted by Gasteiger charge is -2.36. The van der Waals surface area contributed by atoms with Gasteiger partial charge in [0, 0.05) is 11.6 Å². The zero-order valence-corrected chi connectivity index (χ0v) is 13.0. The van der Waals surface area contributed by atoms with Gasteiger partial charge in [0.05, 0.1) is 6.26 Å². The molecule has 1 aliphatic rings. The molecule has 0 aromatic carbocycles. The Labute approximate surface area is 121 Å². The molecule has 19 heavy (non-hydrogen) atoms. The average Bonchev–Trinajstić information content (AvgIpc) is 2.75. The summed E-state index contributed by atoms with van der Waals surface area (Å²) in [6, 6.07) is 2.37. The quantitative estimate of drug-likeness (QED) is 0.818. The molecular formula is C16H26ClNO. The second-order valence-electron chi connectivity index (χ2n) is 6.26. The zero-order chi connectivity index (χ0) is 13.8. The van der Waals surface area contributed by atoms with Gasteiger partial charge in [-0.15, -0.1) is 0 Å². The highest BCUT2D eigenvalue weighted by atomic mass is 35.5. The van der Waals surface area contributed by atoms with E-state index in [1.807, 2.05) is 6.07 Å². The molecule has 1 heterocycles. The van der Waals surface area contributed by atoms with Gasteiger partial charge in [0.2, 0.25) is 0 Å². The third-order valence-corrected chi connectivity index (χ3v) is 4.59. The molecule has 1 aromatic rings. The predicted molar refractivity (Wildman–Crippen MR) is 80.4 cm³/mol. The first-order valence-electron chi connectivity index (χ1n) is 7.58. The number of hydrogen-bond acceptors (Lipinski definition) is 2. The summed E-state index contributed by atoms with van der Waals surface area (Å²) in [5, 5.41) is 4.23. The Hall–Kier alpha value is -0.470. The largest absolute Gasteiger partial charge is 0.453 e. The molecule has 0 amide bonds. The average molecular weight is 284 g/mol. The highest BCUT2D eigenvalue weighted by molar-refractivity contribution is 6.29. The number of nitrogens with one attached hydrogen (secondary N) is 1. The minimum absolute atomic E-state index is 0.344. The van der Waals surface area contributed by atoms with E-state index in [1.165, 1.54) is 19.3 Å².